The molecule has 1 atom stereocenters. The first-order valence-corrected chi connectivity index (χ1v) is 5.12. The zero-order valence-electron chi connectivity index (χ0n) is 9.03. The molecule has 14 heavy (non-hydrogen) atoms. The Balaban J connectivity index is 2.67. The van der Waals surface area contributed by atoms with Gasteiger partial charge in [0, 0.05) is 24.3 Å². The number of aromatic nitrogens is 2. The number of hydrogen-bond donors (Lipinski definition) is 1. The molecule has 1 aromatic rings. The second-order valence-electron chi connectivity index (χ2n) is 3.40. The standard InChI is InChI=1S/C11H19N3/c1-4-6-11(12-3)10-8-13-14(9-10)7-5-2/h4,8-9,11-12H,1,5-7H2,2-3H3. The first-order chi connectivity index (χ1) is 6.81. The second kappa shape index (κ2) is 5.60. The molecule has 0 bridgehead atoms. The summed E-state index contributed by atoms with van der Waals surface area (Å²) < 4.78 is 1.99. The first kappa shape index (κ1) is 11.0. The number of nitrogens with zero attached hydrogens (tertiary/aromatic N) is 2. The van der Waals surface area contributed by atoms with Crippen LogP contribution in [0, 0.1) is 0 Å². The molecule has 0 aliphatic rings. The van der Waals surface area contributed by atoms with E-state index in [4.69, 9.17) is 0 Å². The molecule has 3 nitrogen and oxygen atoms in total. The zero-order chi connectivity index (χ0) is 10.4. The predicted octanol–water partition coefficient (Wildman–Crippen LogP) is 2.13. The molecule has 1 unspecified atom stereocenters. The van der Waals surface area contributed by atoms with Crippen LogP contribution in [0.15, 0.2) is 25.0 Å². The van der Waals surface area contributed by atoms with Gasteiger partial charge in [-0.05, 0) is 19.9 Å². The third-order valence-corrected chi connectivity index (χ3v) is 2.26. The summed E-state index contributed by atoms with van der Waals surface area (Å²) in [6.07, 6.45) is 8.02. The fraction of sp³-hybridized carbons (Fsp3) is 0.545. The second-order valence-corrected chi connectivity index (χ2v) is 3.40. The monoisotopic (exact) mass is 193 g/mol. The number of rotatable bonds is 6. The minimum atomic E-state index is 0.345. The number of nitrogens with one attached hydrogen (secondary N) is 1. The van der Waals surface area contributed by atoms with Crippen molar-refractivity contribution in [1.29, 1.82) is 0 Å². The average Bonchev–Trinajstić information content (AvgIpc) is 2.63. The molecule has 0 aliphatic heterocycles. The Morgan fingerprint density at radius 2 is 2.50 bits per heavy atom. The summed E-state index contributed by atoms with van der Waals surface area (Å²) >= 11 is 0. The van der Waals surface area contributed by atoms with Crippen LogP contribution in [-0.4, -0.2) is 16.8 Å². The van der Waals surface area contributed by atoms with Gasteiger partial charge in [0.25, 0.3) is 0 Å². The van der Waals surface area contributed by atoms with Crippen LogP contribution in [0.4, 0.5) is 0 Å². The maximum absolute atomic E-state index is 4.30. The van der Waals surface area contributed by atoms with Crippen LogP contribution in [-0.2, 0) is 6.54 Å². The lowest BCUT2D eigenvalue weighted by Crippen LogP contribution is -2.14. The van der Waals surface area contributed by atoms with E-state index in [2.05, 4.69) is 30.1 Å². The molecule has 1 heterocycles. The Kier molecular flexibility index (Phi) is 4.40. The van der Waals surface area contributed by atoms with Crippen LogP contribution in [0.1, 0.15) is 31.4 Å². The Labute approximate surface area is 85.8 Å². The molecule has 1 N–H and O–H groups in total. The molecule has 0 aliphatic carbocycles. The lowest BCUT2D eigenvalue weighted by Gasteiger charge is -2.10. The van der Waals surface area contributed by atoms with Crippen molar-refractivity contribution in [1.82, 2.24) is 15.1 Å². The topological polar surface area (TPSA) is 29.9 Å². The third-order valence-electron chi connectivity index (χ3n) is 2.26. The molecule has 0 radical (unpaired) electrons. The summed E-state index contributed by atoms with van der Waals surface area (Å²) in [5, 5.41) is 7.55. The van der Waals surface area contributed by atoms with Crippen molar-refractivity contribution in [3.8, 4) is 0 Å². The van der Waals surface area contributed by atoms with Gasteiger partial charge in [0.15, 0.2) is 0 Å². The van der Waals surface area contributed by atoms with Gasteiger partial charge >= 0.3 is 0 Å². The summed E-state index contributed by atoms with van der Waals surface area (Å²) in [7, 11) is 1.96. The normalized spacial score (nSPS) is 12.7. The van der Waals surface area contributed by atoms with Crippen LogP contribution in [0.3, 0.4) is 0 Å². The molecule has 0 spiro atoms. The quantitative estimate of drug-likeness (QED) is 0.701. The Bertz CT molecular complexity index is 278. The van der Waals surface area contributed by atoms with Gasteiger partial charge in [-0.3, -0.25) is 4.68 Å². The third kappa shape index (κ3) is 2.70. The smallest absolute Gasteiger partial charge is 0.0537 e. The predicted molar refractivity (Wildman–Crippen MR) is 59.1 cm³/mol. The van der Waals surface area contributed by atoms with E-state index in [-0.39, 0.29) is 0 Å². The maximum Gasteiger partial charge on any atom is 0.0537 e. The lowest BCUT2D eigenvalue weighted by molar-refractivity contribution is 0.588. The molecule has 1 aromatic heterocycles. The first-order valence-electron chi connectivity index (χ1n) is 5.12. The highest BCUT2D eigenvalue weighted by molar-refractivity contribution is 5.11. The molecule has 3 heteroatoms. The highest BCUT2D eigenvalue weighted by atomic mass is 15.3. The summed E-state index contributed by atoms with van der Waals surface area (Å²) in [5.74, 6) is 0. The molecule has 0 amide bonds. The van der Waals surface area contributed by atoms with Gasteiger partial charge in [0.2, 0.25) is 0 Å². The molecule has 78 valence electrons. The summed E-state index contributed by atoms with van der Waals surface area (Å²) in [5.41, 5.74) is 1.24. The maximum atomic E-state index is 4.30. The summed E-state index contributed by atoms with van der Waals surface area (Å²) in [6.45, 7) is 6.89. The molecule has 0 fully saturated rings. The minimum absolute atomic E-state index is 0.345. The van der Waals surface area contributed by atoms with Crippen molar-refractivity contribution >= 4 is 0 Å². The molecule has 0 aromatic carbocycles. The summed E-state index contributed by atoms with van der Waals surface area (Å²) in [4.78, 5) is 0. The van der Waals surface area contributed by atoms with Gasteiger partial charge in [0.1, 0.15) is 0 Å². The Morgan fingerprint density at radius 1 is 1.71 bits per heavy atom. The van der Waals surface area contributed by atoms with Crippen LogP contribution in [0.2, 0.25) is 0 Å². The van der Waals surface area contributed by atoms with Crippen molar-refractivity contribution in [2.45, 2.75) is 32.4 Å². The van der Waals surface area contributed by atoms with E-state index >= 15 is 0 Å². The molecule has 0 saturated carbocycles. The molecular weight excluding hydrogens is 174 g/mol. The lowest BCUT2D eigenvalue weighted by atomic mass is 10.1. The van der Waals surface area contributed by atoms with Gasteiger partial charge in [-0.1, -0.05) is 13.0 Å². The van der Waals surface area contributed by atoms with E-state index in [0.29, 0.717) is 6.04 Å². The number of hydrogen-bond acceptors (Lipinski definition) is 2. The van der Waals surface area contributed by atoms with Gasteiger partial charge in [-0.15, -0.1) is 6.58 Å². The van der Waals surface area contributed by atoms with Crippen LogP contribution >= 0.6 is 0 Å². The van der Waals surface area contributed by atoms with Gasteiger partial charge in [-0.2, -0.15) is 5.10 Å². The van der Waals surface area contributed by atoms with Crippen molar-refractivity contribution in [3.05, 3.63) is 30.6 Å². The van der Waals surface area contributed by atoms with Gasteiger partial charge in [0.05, 0.1) is 6.20 Å². The van der Waals surface area contributed by atoms with Crippen LogP contribution < -0.4 is 5.32 Å². The Morgan fingerprint density at radius 3 is 3.07 bits per heavy atom. The van der Waals surface area contributed by atoms with Crippen molar-refractivity contribution in [3.63, 3.8) is 0 Å². The van der Waals surface area contributed by atoms with E-state index in [1.54, 1.807) is 0 Å². The number of aryl methyl sites for hydroxylation is 1. The molecule has 1 rings (SSSR count). The van der Waals surface area contributed by atoms with Crippen LogP contribution in [0.25, 0.3) is 0 Å². The zero-order valence-corrected chi connectivity index (χ0v) is 9.03. The SMILES string of the molecule is C=CCC(NC)c1cnn(CCC)c1. The van der Waals surface area contributed by atoms with E-state index in [1.165, 1.54) is 5.56 Å². The van der Waals surface area contributed by atoms with E-state index in [1.807, 2.05) is 24.0 Å². The van der Waals surface area contributed by atoms with E-state index in [9.17, 15) is 0 Å². The fourth-order valence-corrected chi connectivity index (χ4v) is 1.50. The highest BCUT2D eigenvalue weighted by Gasteiger charge is 2.08. The summed E-state index contributed by atoms with van der Waals surface area (Å²) in [6, 6.07) is 0.345. The van der Waals surface area contributed by atoms with Crippen molar-refractivity contribution in [2.75, 3.05) is 7.05 Å². The highest BCUT2D eigenvalue weighted by Crippen LogP contribution is 2.15. The van der Waals surface area contributed by atoms with Gasteiger partial charge < -0.3 is 5.32 Å². The Hall–Kier alpha value is -1.09. The van der Waals surface area contributed by atoms with Crippen molar-refractivity contribution < 1.29 is 0 Å². The van der Waals surface area contributed by atoms with E-state index < -0.39 is 0 Å². The van der Waals surface area contributed by atoms with Crippen molar-refractivity contribution in [2.24, 2.45) is 0 Å². The van der Waals surface area contributed by atoms with E-state index in [0.717, 1.165) is 19.4 Å². The molecular formula is C11H19N3. The largest absolute Gasteiger partial charge is 0.313 e. The minimum Gasteiger partial charge on any atom is -0.313 e. The fourth-order valence-electron chi connectivity index (χ4n) is 1.50. The average molecular weight is 193 g/mol. The molecule has 0 saturated heterocycles. The van der Waals surface area contributed by atoms with Gasteiger partial charge in [-0.25, -0.2) is 0 Å². The van der Waals surface area contributed by atoms with Crippen LogP contribution in [0.5, 0.6) is 0 Å².